The van der Waals surface area contributed by atoms with Crippen molar-refractivity contribution in [3.8, 4) is 5.75 Å². The number of hydrogen-bond donors (Lipinski definition) is 1. The zero-order valence-electron chi connectivity index (χ0n) is 13.8. The number of amides is 1. The third kappa shape index (κ3) is 4.76. The Hall–Kier alpha value is -2.47. The molecule has 1 N–H and O–H groups in total. The molecule has 132 valence electrons. The summed E-state index contributed by atoms with van der Waals surface area (Å²) in [5.41, 5.74) is 1.28. The lowest BCUT2D eigenvalue weighted by Crippen LogP contribution is -2.28. The number of rotatable bonds is 5. The van der Waals surface area contributed by atoms with Gasteiger partial charge in [0.1, 0.15) is 24.0 Å². The Morgan fingerprint density at radius 1 is 1.08 bits per heavy atom. The summed E-state index contributed by atoms with van der Waals surface area (Å²) in [6, 6.07) is 11.0. The number of carbonyl (C=O) groups is 1. The SMILES string of the molecule is O=C1CCN(Cc2ccccc2OCc2ccc(F)cc2F)CCN1. The van der Waals surface area contributed by atoms with Crippen molar-refractivity contribution in [1.82, 2.24) is 10.2 Å². The van der Waals surface area contributed by atoms with Crippen molar-refractivity contribution in [1.29, 1.82) is 0 Å². The van der Waals surface area contributed by atoms with Crippen LogP contribution in [0.15, 0.2) is 42.5 Å². The third-order valence-corrected chi connectivity index (χ3v) is 4.17. The van der Waals surface area contributed by atoms with E-state index in [-0.39, 0.29) is 12.5 Å². The number of benzene rings is 2. The fraction of sp³-hybridized carbons (Fsp3) is 0.316. The minimum atomic E-state index is -0.616. The molecule has 25 heavy (non-hydrogen) atoms. The van der Waals surface area contributed by atoms with Gasteiger partial charge in [-0.15, -0.1) is 0 Å². The number of carbonyl (C=O) groups excluding carboxylic acids is 1. The second kappa shape index (κ2) is 8.07. The summed E-state index contributed by atoms with van der Waals surface area (Å²) in [5.74, 6) is -0.492. The smallest absolute Gasteiger partial charge is 0.221 e. The van der Waals surface area contributed by atoms with Crippen LogP contribution < -0.4 is 10.1 Å². The summed E-state index contributed by atoms with van der Waals surface area (Å²) < 4.78 is 32.5. The van der Waals surface area contributed by atoms with Crippen molar-refractivity contribution in [2.75, 3.05) is 19.6 Å². The molecule has 1 amide bonds. The zero-order valence-corrected chi connectivity index (χ0v) is 13.8. The maximum Gasteiger partial charge on any atom is 0.221 e. The van der Waals surface area contributed by atoms with Crippen LogP contribution in [0.4, 0.5) is 8.78 Å². The monoisotopic (exact) mass is 346 g/mol. The molecule has 0 spiro atoms. The van der Waals surface area contributed by atoms with Crippen LogP contribution in [0.3, 0.4) is 0 Å². The highest BCUT2D eigenvalue weighted by Gasteiger charge is 2.15. The molecule has 0 aromatic heterocycles. The molecule has 1 aliphatic heterocycles. The van der Waals surface area contributed by atoms with Crippen LogP contribution in [0.2, 0.25) is 0 Å². The maximum atomic E-state index is 13.7. The van der Waals surface area contributed by atoms with Crippen LogP contribution in [-0.4, -0.2) is 30.4 Å². The quantitative estimate of drug-likeness (QED) is 0.905. The third-order valence-electron chi connectivity index (χ3n) is 4.17. The van der Waals surface area contributed by atoms with E-state index in [1.165, 1.54) is 12.1 Å². The number of halogens is 2. The number of para-hydroxylation sites is 1. The molecular weight excluding hydrogens is 326 g/mol. The highest BCUT2D eigenvalue weighted by Crippen LogP contribution is 2.22. The molecule has 4 nitrogen and oxygen atoms in total. The average Bonchev–Trinajstić information content (AvgIpc) is 2.80. The fourth-order valence-electron chi connectivity index (χ4n) is 2.78. The van der Waals surface area contributed by atoms with Gasteiger partial charge in [-0.1, -0.05) is 18.2 Å². The van der Waals surface area contributed by atoms with Crippen molar-refractivity contribution in [3.63, 3.8) is 0 Å². The Morgan fingerprint density at radius 2 is 1.92 bits per heavy atom. The fourth-order valence-corrected chi connectivity index (χ4v) is 2.78. The summed E-state index contributed by atoms with van der Waals surface area (Å²) in [6.45, 7) is 2.77. The first-order valence-corrected chi connectivity index (χ1v) is 8.25. The van der Waals surface area contributed by atoms with Crippen molar-refractivity contribution in [2.24, 2.45) is 0 Å². The van der Waals surface area contributed by atoms with Gasteiger partial charge in [0.25, 0.3) is 0 Å². The summed E-state index contributed by atoms with van der Waals surface area (Å²) in [5, 5.41) is 2.85. The molecule has 3 rings (SSSR count). The molecule has 0 saturated carbocycles. The molecule has 0 radical (unpaired) electrons. The zero-order chi connectivity index (χ0) is 17.6. The minimum Gasteiger partial charge on any atom is -0.488 e. The van der Waals surface area contributed by atoms with E-state index in [1.54, 1.807) is 0 Å². The van der Waals surface area contributed by atoms with E-state index in [0.29, 0.717) is 37.4 Å². The van der Waals surface area contributed by atoms with Crippen LogP contribution in [-0.2, 0) is 17.9 Å². The Morgan fingerprint density at radius 3 is 2.76 bits per heavy atom. The molecular formula is C19H20F2N2O2. The number of ether oxygens (including phenoxy) is 1. The highest BCUT2D eigenvalue weighted by atomic mass is 19.1. The Labute approximate surface area is 145 Å². The standard InChI is InChI=1S/C19H20F2N2O2/c20-16-6-5-15(17(21)11-16)13-25-18-4-2-1-3-14(18)12-23-9-7-19(24)22-8-10-23/h1-6,11H,7-10,12-13H2,(H,22,24). The normalized spacial score (nSPS) is 15.5. The first-order valence-electron chi connectivity index (χ1n) is 8.25. The van der Waals surface area contributed by atoms with Gasteiger partial charge in [-0.05, 0) is 18.2 Å². The van der Waals surface area contributed by atoms with E-state index >= 15 is 0 Å². The Balaban J connectivity index is 1.67. The van der Waals surface area contributed by atoms with Gasteiger partial charge in [-0.3, -0.25) is 9.69 Å². The molecule has 2 aromatic rings. The van der Waals surface area contributed by atoms with Gasteiger partial charge in [0.05, 0.1) is 0 Å². The van der Waals surface area contributed by atoms with Gasteiger partial charge in [0.2, 0.25) is 5.91 Å². The van der Waals surface area contributed by atoms with Crippen LogP contribution in [0.25, 0.3) is 0 Å². The van der Waals surface area contributed by atoms with Gasteiger partial charge in [0.15, 0.2) is 0 Å². The summed E-state index contributed by atoms with van der Waals surface area (Å²) in [4.78, 5) is 13.6. The molecule has 2 aromatic carbocycles. The van der Waals surface area contributed by atoms with E-state index in [1.807, 2.05) is 24.3 Å². The van der Waals surface area contributed by atoms with Gasteiger partial charge in [-0.25, -0.2) is 8.78 Å². The van der Waals surface area contributed by atoms with Gasteiger partial charge < -0.3 is 10.1 Å². The van der Waals surface area contributed by atoms with E-state index in [2.05, 4.69) is 10.2 Å². The van der Waals surface area contributed by atoms with Gasteiger partial charge in [-0.2, -0.15) is 0 Å². The Bertz CT molecular complexity index is 752. The molecule has 1 fully saturated rings. The topological polar surface area (TPSA) is 41.6 Å². The van der Waals surface area contributed by atoms with Crippen LogP contribution in [0, 0.1) is 11.6 Å². The molecule has 1 heterocycles. The van der Waals surface area contributed by atoms with E-state index in [4.69, 9.17) is 4.74 Å². The van der Waals surface area contributed by atoms with Gasteiger partial charge >= 0.3 is 0 Å². The Kier molecular flexibility index (Phi) is 5.60. The number of hydrogen-bond acceptors (Lipinski definition) is 3. The average molecular weight is 346 g/mol. The van der Waals surface area contributed by atoms with E-state index < -0.39 is 11.6 Å². The van der Waals surface area contributed by atoms with Crippen molar-refractivity contribution in [3.05, 3.63) is 65.2 Å². The lowest BCUT2D eigenvalue weighted by Gasteiger charge is -2.21. The second-order valence-corrected chi connectivity index (χ2v) is 6.01. The molecule has 0 bridgehead atoms. The lowest BCUT2D eigenvalue weighted by atomic mass is 10.1. The number of nitrogens with zero attached hydrogens (tertiary/aromatic N) is 1. The largest absolute Gasteiger partial charge is 0.488 e. The summed E-state index contributed by atoms with van der Waals surface area (Å²) in [6.07, 6.45) is 0.476. The molecule has 0 aliphatic carbocycles. The molecule has 0 atom stereocenters. The molecule has 0 unspecified atom stereocenters. The van der Waals surface area contributed by atoms with Crippen LogP contribution in [0.1, 0.15) is 17.5 Å². The molecule has 1 saturated heterocycles. The summed E-state index contributed by atoms with van der Waals surface area (Å²) in [7, 11) is 0. The van der Waals surface area contributed by atoms with E-state index in [0.717, 1.165) is 18.2 Å². The van der Waals surface area contributed by atoms with Crippen LogP contribution in [0.5, 0.6) is 5.75 Å². The van der Waals surface area contributed by atoms with Crippen molar-refractivity contribution < 1.29 is 18.3 Å². The van der Waals surface area contributed by atoms with Crippen molar-refractivity contribution >= 4 is 5.91 Å². The lowest BCUT2D eigenvalue weighted by molar-refractivity contribution is -0.120. The predicted octanol–water partition coefficient (Wildman–Crippen LogP) is 2.87. The molecule has 1 aliphatic rings. The van der Waals surface area contributed by atoms with Crippen molar-refractivity contribution in [2.45, 2.75) is 19.6 Å². The second-order valence-electron chi connectivity index (χ2n) is 6.01. The summed E-state index contributed by atoms with van der Waals surface area (Å²) >= 11 is 0. The van der Waals surface area contributed by atoms with E-state index in [9.17, 15) is 13.6 Å². The first kappa shape index (κ1) is 17.4. The highest BCUT2D eigenvalue weighted by molar-refractivity contribution is 5.76. The molecule has 6 heteroatoms. The number of nitrogens with one attached hydrogen (secondary N) is 1. The minimum absolute atomic E-state index is 0.0309. The predicted molar refractivity (Wildman–Crippen MR) is 90.0 cm³/mol. The van der Waals surface area contributed by atoms with Gasteiger partial charge in [0, 0.05) is 49.8 Å². The van der Waals surface area contributed by atoms with Crippen LogP contribution >= 0.6 is 0 Å². The first-order chi connectivity index (χ1) is 12.1. The maximum absolute atomic E-state index is 13.7.